The standard InChI is InChI=1S/C23H28N2O3/c1-5-20(24-22(27)28-23(2,3)4)17-25(16-18-12-8-6-9-13-18)21(26)19-14-10-7-11-15-19/h5-15,20H,1,16-17H2,2-4H3,(H,24,27)/t20-/m1/s1. The highest BCUT2D eigenvalue weighted by atomic mass is 16.6. The minimum Gasteiger partial charge on any atom is -0.444 e. The van der Waals surface area contributed by atoms with Crippen molar-refractivity contribution in [3.8, 4) is 0 Å². The van der Waals surface area contributed by atoms with Crippen molar-refractivity contribution in [1.82, 2.24) is 10.2 Å². The van der Waals surface area contributed by atoms with Gasteiger partial charge < -0.3 is 15.0 Å². The lowest BCUT2D eigenvalue weighted by atomic mass is 10.1. The number of amides is 2. The number of ether oxygens (including phenoxy) is 1. The Morgan fingerprint density at radius 3 is 2.18 bits per heavy atom. The number of carbonyl (C=O) groups excluding carboxylic acids is 2. The lowest BCUT2D eigenvalue weighted by Crippen LogP contribution is -2.46. The molecule has 0 spiro atoms. The van der Waals surface area contributed by atoms with E-state index in [1.54, 1.807) is 43.9 Å². The van der Waals surface area contributed by atoms with Crippen LogP contribution in [0.25, 0.3) is 0 Å². The SMILES string of the molecule is C=C[C@H](CN(Cc1ccccc1)C(=O)c1ccccc1)NC(=O)OC(C)(C)C. The Hall–Kier alpha value is -3.08. The van der Waals surface area contributed by atoms with E-state index >= 15 is 0 Å². The average Bonchev–Trinajstić information content (AvgIpc) is 2.66. The van der Waals surface area contributed by atoms with Gasteiger partial charge >= 0.3 is 6.09 Å². The van der Waals surface area contributed by atoms with Crippen LogP contribution >= 0.6 is 0 Å². The van der Waals surface area contributed by atoms with Gasteiger partial charge in [0.25, 0.3) is 5.91 Å². The Balaban J connectivity index is 2.16. The number of nitrogens with zero attached hydrogens (tertiary/aromatic N) is 1. The average molecular weight is 380 g/mol. The summed E-state index contributed by atoms with van der Waals surface area (Å²) >= 11 is 0. The summed E-state index contributed by atoms with van der Waals surface area (Å²) in [5.41, 5.74) is 1.00. The van der Waals surface area contributed by atoms with E-state index in [2.05, 4.69) is 11.9 Å². The monoisotopic (exact) mass is 380 g/mol. The summed E-state index contributed by atoms with van der Waals surface area (Å²) in [5, 5.41) is 2.77. The molecule has 0 aliphatic rings. The normalized spacial score (nSPS) is 12.0. The molecule has 1 N–H and O–H groups in total. The van der Waals surface area contributed by atoms with E-state index in [1.165, 1.54) is 0 Å². The summed E-state index contributed by atoms with van der Waals surface area (Å²) in [7, 11) is 0. The molecule has 0 heterocycles. The molecule has 2 aromatic carbocycles. The lowest BCUT2D eigenvalue weighted by molar-refractivity contribution is 0.0492. The number of carbonyl (C=O) groups is 2. The summed E-state index contributed by atoms with van der Waals surface area (Å²) in [6.07, 6.45) is 1.07. The molecule has 148 valence electrons. The number of hydrogen-bond acceptors (Lipinski definition) is 3. The van der Waals surface area contributed by atoms with Gasteiger partial charge in [-0.2, -0.15) is 0 Å². The third-order valence-corrected chi connectivity index (χ3v) is 3.93. The fourth-order valence-electron chi connectivity index (χ4n) is 2.66. The quantitative estimate of drug-likeness (QED) is 0.724. The molecule has 0 aromatic heterocycles. The van der Waals surface area contributed by atoms with E-state index < -0.39 is 17.7 Å². The van der Waals surface area contributed by atoms with Crippen LogP contribution in [-0.2, 0) is 11.3 Å². The molecule has 28 heavy (non-hydrogen) atoms. The van der Waals surface area contributed by atoms with Gasteiger partial charge in [0.2, 0.25) is 0 Å². The van der Waals surface area contributed by atoms with Crippen LogP contribution in [0.15, 0.2) is 73.3 Å². The molecule has 0 saturated carbocycles. The highest BCUT2D eigenvalue weighted by Gasteiger charge is 2.22. The van der Waals surface area contributed by atoms with Crippen LogP contribution in [-0.4, -0.2) is 35.1 Å². The van der Waals surface area contributed by atoms with Crippen molar-refractivity contribution in [2.45, 2.75) is 39.0 Å². The van der Waals surface area contributed by atoms with Gasteiger partial charge in [0.15, 0.2) is 0 Å². The summed E-state index contributed by atoms with van der Waals surface area (Å²) in [4.78, 5) is 26.9. The van der Waals surface area contributed by atoms with Gasteiger partial charge in [0, 0.05) is 18.7 Å². The van der Waals surface area contributed by atoms with E-state index in [-0.39, 0.29) is 12.5 Å². The minimum absolute atomic E-state index is 0.109. The Bertz CT molecular complexity index is 782. The molecule has 2 aromatic rings. The molecular weight excluding hydrogens is 352 g/mol. The first-order chi connectivity index (χ1) is 13.3. The van der Waals surface area contributed by atoms with E-state index in [0.717, 1.165) is 5.56 Å². The van der Waals surface area contributed by atoms with Crippen LogP contribution in [0.5, 0.6) is 0 Å². The first-order valence-corrected chi connectivity index (χ1v) is 9.29. The van der Waals surface area contributed by atoms with Crippen LogP contribution in [0.4, 0.5) is 4.79 Å². The van der Waals surface area contributed by atoms with Gasteiger partial charge in [0.05, 0.1) is 6.04 Å². The molecular formula is C23H28N2O3. The molecule has 0 bridgehead atoms. The highest BCUT2D eigenvalue weighted by Crippen LogP contribution is 2.12. The molecule has 0 aliphatic heterocycles. The van der Waals surface area contributed by atoms with E-state index in [9.17, 15) is 9.59 Å². The number of benzene rings is 2. The molecule has 0 saturated heterocycles. The van der Waals surface area contributed by atoms with Crippen LogP contribution in [0.2, 0.25) is 0 Å². The third-order valence-electron chi connectivity index (χ3n) is 3.93. The Morgan fingerprint density at radius 1 is 1.07 bits per heavy atom. The van der Waals surface area contributed by atoms with Gasteiger partial charge in [-0.1, -0.05) is 54.6 Å². The molecule has 0 radical (unpaired) electrons. The number of rotatable bonds is 7. The van der Waals surface area contributed by atoms with Gasteiger partial charge in [-0.25, -0.2) is 4.79 Å². The maximum Gasteiger partial charge on any atom is 0.408 e. The van der Waals surface area contributed by atoms with Crippen molar-refractivity contribution in [3.63, 3.8) is 0 Å². The van der Waals surface area contributed by atoms with E-state index in [4.69, 9.17) is 4.74 Å². The van der Waals surface area contributed by atoms with Crippen molar-refractivity contribution in [3.05, 3.63) is 84.4 Å². The fraction of sp³-hybridized carbons (Fsp3) is 0.304. The maximum absolute atomic E-state index is 13.1. The Kier molecular flexibility index (Phi) is 7.38. The van der Waals surface area contributed by atoms with Crippen LogP contribution < -0.4 is 5.32 Å². The first kappa shape index (κ1) is 21.2. The van der Waals surface area contributed by atoms with E-state index in [0.29, 0.717) is 12.1 Å². The lowest BCUT2D eigenvalue weighted by Gasteiger charge is -2.28. The van der Waals surface area contributed by atoms with Crippen molar-refractivity contribution >= 4 is 12.0 Å². The second-order valence-electron chi connectivity index (χ2n) is 7.53. The molecule has 0 unspecified atom stereocenters. The molecule has 5 heteroatoms. The van der Waals surface area contributed by atoms with Crippen molar-refractivity contribution in [2.75, 3.05) is 6.54 Å². The predicted molar refractivity (Wildman–Crippen MR) is 111 cm³/mol. The minimum atomic E-state index is -0.598. The van der Waals surface area contributed by atoms with E-state index in [1.807, 2.05) is 48.5 Å². The summed E-state index contributed by atoms with van der Waals surface area (Å²) in [6, 6.07) is 18.4. The molecule has 0 fully saturated rings. The molecule has 1 atom stereocenters. The predicted octanol–water partition coefficient (Wildman–Crippen LogP) is 4.41. The summed E-state index contributed by atoms with van der Waals surface area (Å²) < 4.78 is 5.31. The maximum atomic E-state index is 13.1. The first-order valence-electron chi connectivity index (χ1n) is 9.29. The Morgan fingerprint density at radius 2 is 1.64 bits per heavy atom. The van der Waals surface area contributed by atoms with Crippen LogP contribution in [0, 0.1) is 0 Å². The van der Waals surface area contributed by atoms with Crippen LogP contribution in [0.3, 0.4) is 0 Å². The second-order valence-corrected chi connectivity index (χ2v) is 7.53. The summed E-state index contributed by atoms with van der Waals surface area (Å²) in [6.45, 7) is 9.91. The van der Waals surface area contributed by atoms with Crippen molar-refractivity contribution < 1.29 is 14.3 Å². The van der Waals surface area contributed by atoms with Gasteiger partial charge in [-0.05, 0) is 38.5 Å². The number of alkyl carbamates (subject to hydrolysis) is 1. The topological polar surface area (TPSA) is 58.6 Å². The smallest absolute Gasteiger partial charge is 0.408 e. The summed E-state index contributed by atoms with van der Waals surface area (Å²) in [5.74, 6) is -0.109. The zero-order valence-corrected chi connectivity index (χ0v) is 16.7. The number of nitrogens with one attached hydrogen (secondary N) is 1. The highest BCUT2D eigenvalue weighted by molar-refractivity contribution is 5.94. The zero-order chi connectivity index (χ0) is 20.6. The molecule has 2 amide bonds. The largest absolute Gasteiger partial charge is 0.444 e. The molecule has 0 aliphatic carbocycles. The van der Waals surface area contributed by atoms with Gasteiger partial charge in [-0.3, -0.25) is 4.79 Å². The molecule has 5 nitrogen and oxygen atoms in total. The van der Waals surface area contributed by atoms with Crippen LogP contribution in [0.1, 0.15) is 36.7 Å². The Labute approximate surface area is 167 Å². The number of hydrogen-bond donors (Lipinski definition) is 1. The third kappa shape index (κ3) is 6.91. The second kappa shape index (κ2) is 9.74. The van der Waals surface area contributed by atoms with Crippen molar-refractivity contribution in [1.29, 1.82) is 0 Å². The fourth-order valence-corrected chi connectivity index (χ4v) is 2.66. The van der Waals surface area contributed by atoms with Gasteiger partial charge in [0.1, 0.15) is 5.60 Å². The van der Waals surface area contributed by atoms with Crippen molar-refractivity contribution in [2.24, 2.45) is 0 Å². The van der Waals surface area contributed by atoms with Gasteiger partial charge in [-0.15, -0.1) is 6.58 Å². The molecule has 2 rings (SSSR count). The zero-order valence-electron chi connectivity index (χ0n) is 16.7.